The van der Waals surface area contributed by atoms with Crippen molar-refractivity contribution in [1.82, 2.24) is 10.3 Å². The summed E-state index contributed by atoms with van der Waals surface area (Å²) in [5.74, 6) is 1.30. The SMILES string of the molecule is CCC1C2CNCC2CN1c1ccc([N+](=O)[O-])nc1. The van der Waals surface area contributed by atoms with E-state index in [1.165, 1.54) is 6.07 Å². The van der Waals surface area contributed by atoms with Gasteiger partial charge in [-0.3, -0.25) is 0 Å². The number of nitro groups is 1. The van der Waals surface area contributed by atoms with Gasteiger partial charge in [0.05, 0.1) is 5.69 Å². The largest absolute Gasteiger partial charge is 0.365 e. The van der Waals surface area contributed by atoms with Crippen LogP contribution in [-0.4, -0.2) is 35.6 Å². The first-order chi connectivity index (χ1) is 9.20. The van der Waals surface area contributed by atoms with Gasteiger partial charge in [0.15, 0.2) is 6.20 Å². The molecule has 2 fully saturated rings. The lowest BCUT2D eigenvalue weighted by Gasteiger charge is -2.27. The molecule has 1 aromatic rings. The Morgan fingerprint density at radius 3 is 3.00 bits per heavy atom. The highest BCUT2D eigenvalue weighted by molar-refractivity contribution is 5.49. The lowest BCUT2D eigenvalue weighted by atomic mass is 9.93. The van der Waals surface area contributed by atoms with Crippen LogP contribution in [0, 0.1) is 22.0 Å². The third kappa shape index (κ3) is 2.06. The molecule has 3 heterocycles. The van der Waals surface area contributed by atoms with Crippen molar-refractivity contribution < 1.29 is 4.92 Å². The van der Waals surface area contributed by atoms with E-state index in [2.05, 4.69) is 22.1 Å². The Balaban J connectivity index is 1.83. The fourth-order valence-corrected chi connectivity index (χ4v) is 3.50. The van der Waals surface area contributed by atoms with Gasteiger partial charge in [0.1, 0.15) is 0 Å². The molecule has 3 rings (SSSR count). The summed E-state index contributed by atoms with van der Waals surface area (Å²) in [4.78, 5) is 16.5. The summed E-state index contributed by atoms with van der Waals surface area (Å²) < 4.78 is 0. The van der Waals surface area contributed by atoms with Crippen LogP contribution in [0.4, 0.5) is 11.5 Å². The maximum absolute atomic E-state index is 10.6. The zero-order chi connectivity index (χ0) is 13.4. The first kappa shape index (κ1) is 12.3. The van der Waals surface area contributed by atoms with Crippen LogP contribution in [0.25, 0.3) is 0 Å². The first-order valence-corrected chi connectivity index (χ1v) is 6.78. The normalized spacial score (nSPS) is 29.5. The Morgan fingerprint density at radius 1 is 1.53 bits per heavy atom. The van der Waals surface area contributed by atoms with Crippen molar-refractivity contribution in [3.63, 3.8) is 0 Å². The second kappa shape index (κ2) is 4.77. The third-order valence-electron chi connectivity index (χ3n) is 4.39. The lowest BCUT2D eigenvalue weighted by Crippen LogP contribution is -2.35. The van der Waals surface area contributed by atoms with E-state index in [9.17, 15) is 10.1 Å². The molecule has 1 aromatic heterocycles. The number of hydrogen-bond acceptors (Lipinski definition) is 5. The van der Waals surface area contributed by atoms with Gasteiger partial charge in [-0.2, -0.15) is 0 Å². The maximum Gasteiger partial charge on any atom is 0.363 e. The van der Waals surface area contributed by atoms with Crippen LogP contribution in [0.2, 0.25) is 0 Å². The Labute approximate surface area is 112 Å². The molecule has 6 nitrogen and oxygen atoms in total. The van der Waals surface area contributed by atoms with E-state index in [0.29, 0.717) is 17.9 Å². The molecule has 3 atom stereocenters. The molecule has 0 spiro atoms. The van der Waals surface area contributed by atoms with Crippen molar-refractivity contribution in [3.05, 3.63) is 28.4 Å². The number of nitrogens with one attached hydrogen (secondary N) is 1. The van der Waals surface area contributed by atoms with Crippen LogP contribution >= 0.6 is 0 Å². The number of fused-ring (bicyclic) bond motifs is 1. The monoisotopic (exact) mass is 262 g/mol. The zero-order valence-corrected chi connectivity index (χ0v) is 11.0. The van der Waals surface area contributed by atoms with Gasteiger partial charge in [0, 0.05) is 31.7 Å². The quantitative estimate of drug-likeness (QED) is 0.659. The fraction of sp³-hybridized carbons (Fsp3) is 0.615. The van der Waals surface area contributed by atoms with Crippen LogP contribution < -0.4 is 10.2 Å². The summed E-state index contributed by atoms with van der Waals surface area (Å²) in [5.41, 5.74) is 1.01. The Kier molecular flexibility index (Phi) is 3.10. The first-order valence-electron chi connectivity index (χ1n) is 6.78. The molecule has 2 saturated heterocycles. The predicted molar refractivity (Wildman–Crippen MR) is 72.2 cm³/mol. The Morgan fingerprint density at radius 2 is 2.37 bits per heavy atom. The van der Waals surface area contributed by atoms with Crippen molar-refractivity contribution in [2.24, 2.45) is 11.8 Å². The molecular formula is C13H18N4O2. The third-order valence-corrected chi connectivity index (χ3v) is 4.39. The zero-order valence-electron chi connectivity index (χ0n) is 11.0. The van der Waals surface area contributed by atoms with E-state index in [1.54, 1.807) is 6.20 Å². The van der Waals surface area contributed by atoms with Gasteiger partial charge in [-0.15, -0.1) is 0 Å². The predicted octanol–water partition coefficient (Wildman–Crippen LogP) is 1.42. The molecule has 0 aromatic carbocycles. The summed E-state index contributed by atoms with van der Waals surface area (Å²) in [6, 6.07) is 3.83. The van der Waals surface area contributed by atoms with Crippen molar-refractivity contribution in [3.8, 4) is 0 Å². The smallest absolute Gasteiger partial charge is 0.363 e. The molecule has 1 N–H and O–H groups in total. The highest BCUT2D eigenvalue weighted by atomic mass is 16.6. The summed E-state index contributed by atoms with van der Waals surface area (Å²) in [6.07, 6.45) is 2.73. The molecule has 2 aliphatic heterocycles. The number of anilines is 1. The molecule has 0 bridgehead atoms. The Hall–Kier alpha value is -1.69. The second-order valence-corrected chi connectivity index (χ2v) is 5.34. The molecule has 0 saturated carbocycles. The molecule has 3 unspecified atom stereocenters. The summed E-state index contributed by atoms with van der Waals surface area (Å²) in [7, 11) is 0. The summed E-state index contributed by atoms with van der Waals surface area (Å²) >= 11 is 0. The van der Waals surface area contributed by atoms with E-state index < -0.39 is 4.92 Å². The number of hydrogen-bond donors (Lipinski definition) is 1. The maximum atomic E-state index is 10.6. The minimum absolute atomic E-state index is 0.0853. The lowest BCUT2D eigenvalue weighted by molar-refractivity contribution is -0.389. The Bertz CT molecular complexity index is 476. The summed E-state index contributed by atoms with van der Waals surface area (Å²) in [6.45, 7) is 5.39. The number of aromatic nitrogens is 1. The number of nitrogens with zero attached hydrogens (tertiary/aromatic N) is 3. The number of pyridine rings is 1. The molecule has 0 aliphatic carbocycles. The van der Waals surface area contributed by atoms with Gasteiger partial charge in [0.25, 0.3) is 0 Å². The molecule has 2 aliphatic rings. The summed E-state index contributed by atoms with van der Waals surface area (Å²) in [5, 5.41) is 14.1. The van der Waals surface area contributed by atoms with Gasteiger partial charge < -0.3 is 20.3 Å². The number of rotatable bonds is 3. The van der Waals surface area contributed by atoms with Crippen LogP contribution in [0.5, 0.6) is 0 Å². The van der Waals surface area contributed by atoms with Crippen LogP contribution in [0.1, 0.15) is 13.3 Å². The fourth-order valence-electron chi connectivity index (χ4n) is 3.50. The van der Waals surface area contributed by atoms with Crippen molar-refractivity contribution in [2.45, 2.75) is 19.4 Å². The standard InChI is InChI=1S/C13H18N4O2/c1-2-12-11-7-14-5-9(11)8-16(12)10-3-4-13(15-6-10)17(18)19/h3-4,6,9,11-12,14H,2,5,7-8H2,1H3. The van der Waals surface area contributed by atoms with Crippen LogP contribution in [-0.2, 0) is 0 Å². The molecule has 0 radical (unpaired) electrons. The molecule has 19 heavy (non-hydrogen) atoms. The van der Waals surface area contributed by atoms with E-state index >= 15 is 0 Å². The highest BCUT2D eigenvalue weighted by Gasteiger charge is 2.43. The van der Waals surface area contributed by atoms with Crippen LogP contribution in [0.15, 0.2) is 18.3 Å². The van der Waals surface area contributed by atoms with E-state index in [4.69, 9.17) is 0 Å². The molecule has 0 amide bonds. The van der Waals surface area contributed by atoms with Gasteiger partial charge in [-0.25, -0.2) is 0 Å². The van der Waals surface area contributed by atoms with E-state index in [0.717, 1.165) is 31.7 Å². The highest BCUT2D eigenvalue weighted by Crippen LogP contribution is 2.37. The van der Waals surface area contributed by atoms with Gasteiger partial charge in [0.2, 0.25) is 0 Å². The average Bonchev–Trinajstić information content (AvgIpc) is 2.98. The second-order valence-electron chi connectivity index (χ2n) is 5.34. The minimum atomic E-state index is -0.455. The minimum Gasteiger partial charge on any atom is -0.365 e. The van der Waals surface area contributed by atoms with Gasteiger partial charge >= 0.3 is 5.82 Å². The van der Waals surface area contributed by atoms with Crippen LogP contribution in [0.3, 0.4) is 0 Å². The topological polar surface area (TPSA) is 71.3 Å². The van der Waals surface area contributed by atoms with E-state index in [1.807, 2.05) is 6.07 Å². The molecule has 102 valence electrons. The van der Waals surface area contributed by atoms with Gasteiger partial charge in [-0.05, 0) is 34.2 Å². The van der Waals surface area contributed by atoms with Crippen molar-refractivity contribution in [2.75, 3.05) is 24.5 Å². The van der Waals surface area contributed by atoms with Gasteiger partial charge in [-0.1, -0.05) is 6.92 Å². The van der Waals surface area contributed by atoms with E-state index in [-0.39, 0.29) is 5.82 Å². The van der Waals surface area contributed by atoms with Crippen molar-refractivity contribution >= 4 is 11.5 Å². The van der Waals surface area contributed by atoms with Crippen molar-refractivity contribution in [1.29, 1.82) is 0 Å². The molecule has 6 heteroatoms. The molecular weight excluding hydrogens is 244 g/mol. The average molecular weight is 262 g/mol.